The van der Waals surface area contributed by atoms with Gasteiger partial charge in [-0.05, 0) is 25.2 Å². The highest BCUT2D eigenvalue weighted by molar-refractivity contribution is 5.75. The van der Waals surface area contributed by atoms with Crippen LogP contribution in [-0.4, -0.2) is 30.5 Å². The van der Waals surface area contributed by atoms with E-state index in [1.54, 1.807) is 0 Å². The van der Waals surface area contributed by atoms with Gasteiger partial charge < -0.3 is 9.74 Å². The predicted molar refractivity (Wildman–Crippen MR) is 54.4 cm³/mol. The predicted octanol–water partition coefficient (Wildman–Crippen LogP) is 0.915. The minimum atomic E-state index is 0.276. The van der Waals surface area contributed by atoms with Gasteiger partial charge in [-0.3, -0.25) is 4.79 Å². The van der Waals surface area contributed by atoms with Crippen LogP contribution in [0.5, 0.6) is 0 Å². The van der Waals surface area contributed by atoms with Crippen LogP contribution in [0.2, 0.25) is 0 Å². The van der Waals surface area contributed by atoms with Gasteiger partial charge in [0.2, 0.25) is 5.91 Å². The normalized spacial score (nSPS) is 18.6. The Morgan fingerprint density at radius 2 is 2.14 bits per heavy atom. The molecule has 1 saturated heterocycles. The van der Waals surface area contributed by atoms with Crippen molar-refractivity contribution in [1.82, 2.24) is 4.90 Å². The summed E-state index contributed by atoms with van der Waals surface area (Å²) in [6, 6.07) is 0. The molecule has 0 atom stereocenters. The smallest absolute Gasteiger partial charge is 0.222 e. The molecular formula is C10H20N2O2. The Bertz CT molecular complexity index is 177. The standard InChI is InChI=1S/C10H20N2O2/c1-2-10(13)12-6-3-9(4-7-12)5-8-14-11/h9H,2-8,11H2,1H3. The van der Waals surface area contributed by atoms with Crippen LogP contribution in [-0.2, 0) is 9.63 Å². The molecule has 0 bridgehead atoms. The average molecular weight is 200 g/mol. The van der Waals surface area contributed by atoms with Crippen molar-refractivity contribution >= 4 is 5.91 Å². The van der Waals surface area contributed by atoms with E-state index in [4.69, 9.17) is 5.90 Å². The Labute approximate surface area is 85.3 Å². The van der Waals surface area contributed by atoms with Gasteiger partial charge in [-0.25, -0.2) is 5.90 Å². The molecule has 0 aromatic carbocycles. The Balaban J connectivity index is 2.20. The summed E-state index contributed by atoms with van der Waals surface area (Å²) in [5.41, 5.74) is 0. The van der Waals surface area contributed by atoms with Crippen LogP contribution in [0.1, 0.15) is 32.6 Å². The fourth-order valence-corrected chi connectivity index (χ4v) is 1.93. The number of nitrogens with zero attached hydrogens (tertiary/aromatic N) is 1. The maximum atomic E-state index is 11.4. The van der Waals surface area contributed by atoms with Crippen LogP contribution < -0.4 is 5.90 Å². The lowest BCUT2D eigenvalue weighted by atomic mass is 9.94. The lowest BCUT2D eigenvalue weighted by molar-refractivity contribution is -0.132. The zero-order chi connectivity index (χ0) is 10.4. The molecule has 1 amide bonds. The summed E-state index contributed by atoms with van der Waals surface area (Å²) in [5.74, 6) is 5.93. The zero-order valence-corrected chi connectivity index (χ0v) is 8.87. The topological polar surface area (TPSA) is 55.6 Å². The van der Waals surface area contributed by atoms with E-state index < -0.39 is 0 Å². The third-order valence-electron chi connectivity index (χ3n) is 2.91. The third kappa shape index (κ3) is 3.27. The molecule has 0 saturated carbocycles. The number of amides is 1. The first-order valence-electron chi connectivity index (χ1n) is 5.37. The second-order valence-corrected chi connectivity index (χ2v) is 3.84. The fourth-order valence-electron chi connectivity index (χ4n) is 1.93. The quantitative estimate of drug-likeness (QED) is 0.686. The Hall–Kier alpha value is -0.610. The minimum absolute atomic E-state index is 0.276. The summed E-state index contributed by atoms with van der Waals surface area (Å²) in [4.78, 5) is 17.9. The van der Waals surface area contributed by atoms with Crippen LogP contribution in [0.15, 0.2) is 0 Å². The number of nitrogens with two attached hydrogens (primary N) is 1. The highest BCUT2D eigenvalue weighted by atomic mass is 16.6. The summed E-state index contributed by atoms with van der Waals surface area (Å²) < 4.78 is 0. The molecule has 1 heterocycles. The maximum absolute atomic E-state index is 11.4. The van der Waals surface area contributed by atoms with Gasteiger partial charge in [-0.1, -0.05) is 6.92 Å². The van der Waals surface area contributed by atoms with Gasteiger partial charge >= 0.3 is 0 Å². The number of hydrogen-bond acceptors (Lipinski definition) is 3. The van der Waals surface area contributed by atoms with E-state index in [9.17, 15) is 4.79 Å². The third-order valence-corrected chi connectivity index (χ3v) is 2.91. The van der Waals surface area contributed by atoms with Gasteiger partial charge in [0, 0.05) is 19.5 Å². The summed E-state index contributed by atoms with van der Waals surface area (Å²) in [6.07, 6.45) is 3.82. The first kappa shape index (κ1) is 11.5. The molecule has 0 aromatic heterocycles. The molecule has 0 radical (unpaired) electrons. The number of likely N-dealkylation sites (tertiary alicyclic amines) is 1. The largest absolute Gasteiger partial charge is 0.343 e. The molecule has 0 aliphatic carbocycles. The number of carbonyl (C=O) groups is 1. The van der Waals surface area contributed by atoms with Gasteiger partial charge in [0.25, 0.3) is 0 Å². The van der Waals surface area contributed by atoms with E-state index >= 15 is 0 Å². The Morgan fingerprint density at radius 3 is 2.64 bits per heavy atom. The lowest BCUT2D eigenvalue weighted by Gasteiger charge is -2.31. The molecule has 4 nitrogen and oxygen atoms in total. The van der Waals surface area contributed by atoms with Crippen molar-refractivity contribution in [3.63, 3.8) is 0 Å². The molecule has 14 heavy (non-hydrogen) atoms. The first-order valence-corrected chi connectivity index (χ1v) is 5.37. The molecule has 0 unspecified atom stereocenters. The van der Waals surface area contributed by atoms with Gasteiger partial charge in [-0.2, -0.15) is 0 Å². The molecule has 1 aliphatic rings. The molecule has 2 N–H and O–H groups in total. The Morgan fingerprint density at radius 1 is 1.50 bits per heavy atom. The van der Waals surface area contributed by atoms with Crippen LogP contribution in [0.4, 0.5) is 0 Å². The second-order valence-electron chi connectivity index (χ2n) is 3.84. The first-order chi connectivity index (χ1) is 6.77. The van der Waals surface area contributed by atoms with E-state index in [-0.39, 0.29) is 5.91 Å². The van der Waals surface area contributed by atoms with Crippen LogP contribution in [0.3, 0.4) is 0 Å². The Kier molecular flexibility index (Phi) is 4.90. The summed E-state index contributed by atoms with van der Waals surface area (Å²) in [7, 11) is 0. The summed E-state index contributed by atoms with van der Waals surface area (Å²) in [6.45, 7) is 4.35. The van der Waals surface area contributed by atoms with Gasteiger partial charge in [0.15, 0.2) is 0 Å². The van der Waals surface area contributed by atoms with Crippen molar-refractivity contribution in [2.45, 2.75) is 32.6 Å². The van der Waals surface area contributed by atoms with Gasteiger partial charge in [0.1, 0.15) is 0 Å². The highest BCUT2D eigenvalue weighted by Gasteiger charge is 2.21. The highest BCUT2D eigenvalue weighted by Crippen LogP contribution is 2.20. The number of rotatable bonds is 4. The van der Waals surface area contributed by atoms with E-state index in [0.717, 1.165) is 32.4 Å². The van der Waals surface area contributed by atoms with E-state index in [1.165, 1.54) is 0 Å². The molecule has 82 valence electrons. The molecular weight excluding hydrogens is 180 g/mol. The number of piperidine rings is 1. The average Bonchev–Trinajstić information content (AvgIpc) is 2.26. The van der Waals surface area contributed by atoms with E-state index in [1.807, 2.05) is 11.8 Å². The maximum Gasteiger partial charge on any atom is 0.222 e. The fraction of sp³-hybridized carbons (Fsp3) is 0.900. The molecule has 1 fully saturated rings. The van der Waals surface area contributed by atoms with Crippen molar-refractivity contribution in [3.8, 4) is 0 Å². The molecule has 1 rings (SSSR count). The van der Waals surface area contributed by atoms with Crippen LogP contribution in [0, 0.1) is 5.92 Å². The van der Waals surface area contributed by atoms with E-state index in [0.29, 0.717) is 18.9 Å². The molecule has 0 aromatic rings. The van der Waals surface area contributed by atoms with Crippen molar-refractivity contribution in [3.05, 3.63) is 0 Å². The second kappa shape index (κ2) is 5.98. The van der Waals surface area contributed by atoms with Gasteiger partial charge in [0.05, 0.1) is 6.61 Å². The molecule has 1 aliphatic heterocycles. The van der Waals surface area contributed by atoms with E-state index in [2.05, 4.69) is 4.84 Å². The number of hydrogen-bond donors (Lipinski definition) is 1. The lowest BCUT2D eigenvalue weighted by Crippen LogP contribution is -2.38. The number of carbonyl (C=O) groups excluding carboxylic acids is 1. The van der Waals surface area contributed by atoms with Crippen LogP contribution >= 0.6 is 0 Å². The van der Waals surface area contributed by atoms with Crippen molar-refractivity contribution < 1.29 is 9.63 Å². The van der Waals surface area contributed by atoms with Gasteiger partial charge in [-0.15, -0.1) is 0 Å². The van der Waals surface area contributed by atoms with Crippen molar-refractivity contribution in [2.24, 2.45) is 11.8 Å². The molecule has 0 spiro atoms. The van der Waals surface area contributed by atoms with Crippen LogP contribution in [0.25, 0.3) is 0 Å². The van der Waals surface area contributed by atoms with Crippen molar-refractivity contribution in [1.29, 1.82) is 0 Å². The van der Waals surface area contributed by atoms with Crippen molar-refractivity contribution in [2.75, 3.05) is 19.7 Å². The minimum Gasteiger partial charge on any atom is -0.343 e. The summed E-state index contributed by atoms with van der Waals surface area (Å²) >= 11 is 0. The molecule has 4 heteroatoms. The zero-order valence-electron chi connectivity index (χ0n) is 8.87. The summed E-state index contributed by atoms with van der Waals surface area (Å²) in [5, 5.41) is 0. The monoisotopic (exact) mass is 200 g/mol. The SMILES string of the molecule is CCC(=O)N1CCC(CCON)CC1.